The third-order valence-corrected chi connectivity index (χ3v) is 6.50. The average Bonchev–Trinajstić information content (AvgIpc) is 3.54. The summed E-state index contributed by atoms with van der Waals surface area (Å²) < 4.78 is 11.7. The number of methoxy groups -OCH3 is 1. The number of non-ortho nitro benzene ring substituents is 1. The van der Waals surface area contributed by atoms with Crippen LogP contribution in [-0.2, 0) is 4.79 Å². The van der Waals surface area contributed by atoms with E-state index in [-0.39, 0.29) is 24.2 Å². The molecule has 5 rings (SSSR count). The second-order valence-electron chi connectivity index (χ2n) is 8.51. The minimum absolute atomic E-state index is 0.0222. The highest BCUT2D eigenvalue weighted by Crippen LogP contribution is 2.42. The van der Waals surface area contributed by atoms with Crippen LogP contribution in [0.5, 0.6) is 5.75 Å². The monoisotopic (exact) mass is 529 g/mol. The van der Waals surface area contributed by atoms with E-state index in [1.54, 1.807) is 29.3 Å². The van der Waals surface area contributed by atoms with Gasteiger partial charge in [0.25, 0.3) is 5.69 Å². The predicted molar refractivity (Wildman–Crippen MR) is 145 cm³/mol. The molecule has 1 saturated heterocycles. The van der Waals surface area contributed by atoms with E-state index in [0.717, 1.165) is 5.69 Å². The standard InChI is InChI=1S/C27H23N5O5S/c1-36-23-15-18(32(34)35)10-11-19(23)21-12-13-22(37-21)26-25(20-9-5-6-14-28-20)30-27(38)31(26)16-24(33)29-17-7-3-2-4-8-17/h2-15,25-26H,16H2,1H3,(H,29,33)(H,30,38)/t25-,26-/m0/s1. The molecule has 11 heteroatoms. The molecule has 2 aromatic carbocycles. The van der Waals surface area contributed by atoms with Crippen LogP contribution < -0.4 is 15.4 Å². The molecule has 0 radical (unpaired) electrons. The predicted octanol–water partition coefficient (Wildman–Crippen LogP) is 4.87. The first-order valence-electron chi connectivity index (χ1n) is 11.7. The summed E-state index contributed by atoms with van der Waals surface area (Å²) >= 11 is 5.64. The zero-order valence-electron chi connectivity index (χ0n) is 20.2. The number of rotatable bonds is 8. The van der Waals surface area contributed by atoms with Crippen LogP contribution >= 0.6 is 12.2 Å². The van der Waals surface area contributed by atoms with Crippen LogP contribution in [0, 0.1) is 10.1 Å². The lowest BCUT2D eigenvalue weighted by molar-refractivity contribution is -0.384. The van der Waals surface area contributed by atoms with Crippen LogP contribution in [0.4, 0.5) is 11.4 Å². The van der Waals surface area contributed by atoms with E-state index in [1.165, 1.54) is 19.2 Å². The summed E-state index contributed by atoms with van der Waals surface area (Å²) in [4.78, 5) is 29.9. The maximum Gasteiger partial charge on any atom is 0.273 e. The van der Waals surface area contributed by atoms with Crippen LogP contribution in [0.1, 0.15) is 23.5 Å². The number of thiocarbonyl (C=S) groups is 1. The number of ether oxygens (including phenoxy) is 1. The highest BCUT2D eigenvalue weighted by molar-refractivity contribution is 7.80. The van der Waals surface area contributed by atoms with E-state index in [2.05, 4.69) is 15.6 Å². The Morgan fingerprint density at radius 1 is 1.16 bits per heavy atom. The summed E-state index contributed by atoms with van der Waals surface area (Å²) in [6.07, 6.45) is 1.69. The number of nitrogens with zero attached hydrogens (tertiary/aromatic N) is 3. The number of para-hydroxylation sites is 1. The fourth-order valence-corrected chi connectivity index (χ4v) is 4.72. The quantitative estimate of drug-likeness (QED) is 0.187. The maximum atomic E-state index is 13.0. The van der Waals surface area contributed by atoms with Crippen molar-refractivity contribution in [3.05, 3.63) is 107 Å². The van der Waals surface area contributed by atoms with Gasteiger partial charge in [0.1, 0.15) is 29.9 Å². The fourth-order valence-electron chi connectivity index (χ4n) is 4.42. The molecule has 1 aliphatic heterocycles. The Kier molecular flexibility index (Phi) is 7.00. The molecule has 2 atom stereocenters. The van der Waals surface area contributed by atoms with Crippen molar-refractivity contribution in [3.8, 4) is 17.1 Å². The number of hydrogen-bond donors (Lipinski definition) is 2. The summed E-state index contributed by atoms with van der Waals surface area (Å²) in [5, 5.41) is 17.8. The number of nitro groups is 1. The van der Waals surface area contributed by atoms with Gasteiger partial charge in [0.15, 0.2) is 5.11 Å². The van der Waals surface area contributed by atoms with Gasteiger partial charge in [-0.25, -0.2) is 0 Å². The SMILES string of the molecule is COc1cc([N+](=O)[O-])ccc1-c1ccc([C@H]2[C@H](c3ccccn3)NC(=S)N2CC(=O)Nc2ccccc2)o1. The summed E-state index contributed by atoms with van der Waals surface area (Å²) in [5.41, 5.74) is 1.88. The molecule has 1 amide bonds. The first-order chi connectivity index (χ1) is 18.4. The number of carbonyl (C=O) groups excluding carboxylic acids is 1. The van der Waals surface area contributed by atoms with Gasteiger partial charge >= 0.3 is 0 Å². The summed E-state index contributed by atoms with van der Waals surface area (Å²) in [6.45, 7) is -0.0222. The van der Waals surface area contributed by atoms with Gasteiger partial charge in [0.2, 0.25) is 5.91 Å². The molecule has 1 fully saturated rings. The first kappa shape index (κ1) is 24.9. The zero-order valence-corrected chi connectivity index (χ0v) is 21.1. The molecule has 0 aliphatic carbocycles. The van der Waals surface area contributed by atoms with Gasteiger partial charge in [-0.05, 0) is 54.7 Å². The number of carbonyl (C=O) groups is 1. The number of pyridine rings is 1. The highest BCUT2D eigenvalue weighted by atomic mass is 32.1. The molecular formula is C27H23N5O5S. The van der Waals surface area contributed by atoms with Crippen molar-refractivity contribution in [3.63, 3.8) is 0 Å². The number of benzene rings is 2. The molecule has 3 heterocycles. The molecule has 2 aromatic heterocycles. The fraction of sp³-hybridized carbons (Fsp3) is 0.148. The van der Waals surface area contributed by atoms with Crippen LogP contribution in [0.25, 0.3) is 11.3 Å². The lowest BCUT2D eigenvalue weighted by atomic mass is 10.0. The summed E-state index contributed by atoms with van der Waals surface area (Å²) in [7, 11) is 1.44. The summed E-state index contributed by atoms with van der Waals surface area (Å²) in [6, 6.07) is 21.8. The number of furan rings is 1. The van der Waals surface area contributed by atoms with Gasteiger partial charge in [-0.1, -0.05) is 24.3 Å². The van der Waals surface area contributed by atoms with Crippen LogP contribution in [0.2, 0.25) is 0 Å². The van der Waals surface area contributed by atoms with Gasteiger partial charge < -0.3 is 24.7 Å². The molecule has 2 N–H and O–H groups in total. The van der Waals surface area contributed by atoms with Crippen molar-refractivity contribution >= 4 is 34.6 Å². The number of amides is 1. The van der Waals surface area contributed by atoms with E-state index in [4.69, 9.17) is 21.4 Å². The third kappa shape index (κ3) is 5.04. The number of nitrogens with one attached hydrogen (secondary N) is 2. The molecule has 192 valence electrons. The lowest BCUT2D eigenvalue weighted by Crippen LogP contribution is -2.36. The Balaban J connectivity index is 1.48. The topological polar surface area (TPSA) is 123 Å². The number of anilines is 1. The molecule has 1 aliphatic rings. The Morgan fingerprint density at radius 3 is 2.66 bits per heavy atom. The molecule has 0 saturated carbocycles. The van der Waals surface area contributed by atoms with Gasteiger partial charge in [-0.3, -0.25) is 19.9 Å². The van der Waals surface area contributed by atoms with Gasteiger partial charge in [0.05, 0.1) is 35.4 Å². The average molecular weight is 530 g/mol. The van der Waals surface area contributed by atoms with Crippen LogP contribution in [-0.4, -0.2) is 39.5 Å². The minimum atomic E-state index is -0.489. The Morgan fingerprint density at radius 2 is 1.95 bits per heavy atom. The smallest absolute Gasteiger partial charge is 0.273 e. The van der Waals surface area contributed by atoms with E-state index in [9.17, 15) is 14.9 Å². The molecule has 38 heavy (non-hydrogen) atoms. The van der Waals surface area contributed by atoms with Crippen molar-refractivity contribution in [2.24, 2.45) is 0 Å². The van der Waals surface area contributed by atoms with Gasteiger partial charge in [-0.15, -0.1) is 0 Å². The van der Waals surface area contributed by atoms with Gasteiger partial charge in [0, 0.05) is 18.0 Å². The van der Waals surface area contributed by atoms with Crippen molar-refractivity contribution in [1.29, 1.82) is 0 Å². The van der Waals surface area contributed by atoms with Crippen molar-refractivity contribution < 1.29 is 18.9 Å². The van der Waals surface area contributed by atoms with E-state index < -0.39 is 11.0 Å². The highest BCUT2D eigenvalue weighted by Gasteiger charge is 2.42. The minimum Gasteiger partial charge on any atom is -0.496 e. The molecule has 0 bridgehead atoms. The third-order valence-electron chi connectivity index (χ3n) is 6.15. The zero-order chi connectivity index (χ0) is 26.6. The van der Waals surface area contributed by atoms with Crippen molar-refractivity contribution in [2.75, 3.05) is 19.0 Å². The number of nitro benzene ring substituents is 1. The summed E-state index contributed by atoms with van der Waals surface area (Å²) in [5.74, 6) is 1.06. The van der Waals surface area contributed by atoms with E-state index in [0.29, 0.717) is 33.6 Å². The normalized spacial score (nSPS) is 16.7. The molecular weight excluding hydrogens is 506 g/mol. The molecule has 0 spiro atoms. The Bertz CT molecular complexity index is 1480. The number of hydrogen-bond acceptors (Lipinski definition) is 7. The second kappa shape index (κ2) is 10.7. The van der Waals surface area contributed by atoms with Gasteiger partial charge in [-0.2, -0.15) is 0 Å². The maximum absolute atomic E-state index is 13.0. The molecule has 0 unspecified atom stereocenters. The van der Waals surface area contributed by atoms with Crippen molar-refractivity contribution in [1.82, 2.24) is 15.2 Å². The Labute approximate surface area is 223 Å². The number of aromatic nitrogens is 1. The van der Waals surface area contributed by atoms with Crippen LogP contribution in [0.3, 0.4) is 0 Å². The first-order valence-corrected chi connectivity index (χ1v) is 12.1. The lowest BCUT2D eigenvalue weighted by Gasteiger charge is -2.25. The Hall–Kier alpha value is -4.77. The van der Waals surface area contributed by atoms with Crippen LogP contribution in [0.15, 0.2) is 89.5 Å². The van der Waals surface area contributed by atoms with E-state index >= 15 is 0 Å². The molecule has 10 nitrogen and oxygen atoms in total. The largest absolute Gasteiger partial charge is 0.496 e. The molecule has 4 aromatic rings. The van der Waals surface area contributed by atoms with E-state index in [1.807, 2.05) is 48.5 Å². The van der Waals surface area contributed by atoms with Crippen molar-refractivity contribution in [2.45, 2.75) is 12.1 Å². The second-order valence-corrected chi connectivity index (χ2v) is 8.90.